The molecule has 1 N–H and O–H groups in total. The maximum Gasteiger partial charge on any atom is 0.310 e. The first-order valence-corrected chi connectivity index (χ1v) is 8.89. The minimum atomic E-state index is -0.557. The number of carboxylic acids is 1. The van der Waals surface area contributed by atoms with Crippen LogP contribution in [0.1, 0.15) is 57.8 Å². The molecule has 1 saturated carbocycles. The number of carboxylic acid groups (broad SMARTS) is 1. The third-order valence-electron chi connectivity index (χ3n) is 6.00. The van der Waals surface area contributed by atoms with Gasteiger partial charge < -0.3 is 14.9 Å². The second kappa shape index (κ2) is 6.66. The number of carbonyl (C=O) groups is 1. The molecule has 2 saturated heterocycles. The van der Waals surface area contributed by atoms with E-state index in [4.69, 9.17) is 0 Å². The molecule has 0 unspecified atom stereocenters. The van der Waals surface area contributed by atoms with Crippen LogP contribution in [-0.2, 0) is 4.79 Å². The van der Waals surface area contributed by atoms with Crippen molar-refractivity contribution in [1.29, 1.82) is 0 Å². The predicted octanol–water partition coefficient (Wildman–Crippen LogP) is 2.58. The van der Waals surface area contributed by atoms with Crippen molar-refractivity contribution >= 4 is 5.97 Å². The van der Waals surface area contributed by atoms with Crippen LogP contribution in [0.3, 0.4) is 0 Å². The normalized spacial score (nSPS) is 28.8. The molecule has 0 bridgehead atoms. The molecule has 21 heavy (non-hydrogen) atoms. The van der Waals surface area contributed by atoms with Crippen LogP contribution in [-0.4, -0.2) is 59.6 Å². The fraction of sp³-hybridized carbons (Fsp3) is 0.941. The van der Waals surface area contributed by atoms with E-state index >= 15 is 0 Å². The molecule has 0 aromatic heterocycles. The second-order valence-corrected chi connectivity index (χ2v) is 7.40. The molecule has 0 spiro atoms. The predicted molar refractivity (Wildman–Crippen MR) is 83.4 cm³/mol. The van der Waals surface area contributed by atoms with Crippen LogP contribution >= 0.6 is 0 Å². The minimum absolute atomic E-state index is 0.433. The highest BCUT2D eigenvalue weighted by atomic mass is 16.4. The number of nitrogens with zero attached hydrogens (tertiary/aromatic N) is 2. The molecule has 3 fully saturated rings. The van der Waals surface area contributed by atoms with E-state index < -0.39 is 11.4 Å². The maximum absolute atomic E-state index is 11.7. The Hall–Kier alpha value is -0.610. The molecule has 0 aromatic carbocycles. The first kappa shape index (κ1) is 15.3. The van der Waals surface area contributed by atoms with Gasteiger partial charge in [-0.3, -0.25) is 4.79 Å². The van der Waals surface area contributed by atoms with Gasteiger partial charge in [-0.25, -0.2) is 0 Å². The maximum atomic E-state index is 11.7. The van der Waals surface area contributed by atoms with Gasteiger partial charge in [0.05, 0.1) is 5.41 Å². The highest BCUT2D eigenvalue weighted by molar-refractivity contribution is 5.75. The van der Waals surface area contributed by atoms with Gasteiger partial charge in [0.2, 0.25) is 0 Å². The van der Waals surface area contributed by atoms with E-state index in [1.54, 1.807) is 0 Å². The highest BCUT2D eigenvalue weighted by Crippen LogP contribution is 2.39. The molecule has 0 atom stereocenters. The van der Waals surface area contributed by atoms with E-state index in [1.165, 1.54) is 45.2 Å². The zero-order valence-electron chi connectivity index (χ0n) is 13.2. The summed E-state index contributed by atoms with van der Waals surface area (Å²) in [7, 11) is 0. The van der Waals surface area contributed by atoms with Crippen molar-refractivity contribution in [3.05, 3.63) is 0 Å². The Balaban J connectivity index is 1.50. The van der Waals surface area contributed by atoms with E-state index in [0.29, 0.717) is 0 Å². The Labute approximate surface area is 128 Å². The lowest BCUT2D eigenvalue weighted by Crippen LogP contribution is -2.50. The molecule has 2 aliphatic heterocycles. The number of rotatable bonds is 4. The smallest absolute Gasteiger partial charge is 0.310 e. The van der Waals surface area contributed by atoms with Crippen molar-refractivity contribution in [3.63, 3.8) is 0 Å². The van der Waals surface area contributed by atoms with Crippen molar-refractivity contribution in [2.24, 2.45) is 5.41 Å². The second-order valence-electron chi connectivity index (χ2n) is 7.40. The van der Waals surface area contributed by atoms with Crippen LogP contribution in [0.5, 0.6) is 0 Å². The topological polar surface area (TPSA) is 43.8 Å². The molecule has 1 aliphatic carbocycles. The summed E-state index contributed by atoms with van der Waals surface area (Å²) in [5, 5.41) is 9.62. The fourth-order valence-corrected chi connectivity index (χ4v) is 4.65. The zero-order chi connectivity index (χ0) is 14.7. The van der Waals surface area contributed by atoms with E-state index in [-0.39, 0.29) is 0 Å². The Morgan fingerprint density at radius 1 is 0.952 bits per heavy atom. The van der Waals surface area contributed by atoms with Crippen molar-refractivity contribution in [1.82, 2.24) is 9.80 Å². The summed E-state index contributed by atoms with van der Waals surface area (Å²) >= 11 is 0. The van der Waals surface area contributed by atoms with Gasteiger partial charge in [-0.15, -0.1) is 0 Å². The number of aliphatic carboxylic acids is 1. The summed E-state index contributed by atoms with van der Waals surface area (Å²) in [5.74, 6) is -0.557. The summed E-state index contributed by atoms with van der Waals surface area (Å²) in [5.41, 5.74) is -0.433. The summed E-state index contributed by atoms with van der Waals surface area (Å²) in [4.78, 5) is 16.8. The quantitative estimate of drug-likeness (QED) is 0.865. The van der Waals surface area contributed by atoms with E-state index in [2.05, 4.69) is 9.80 Å². The summed E-state index contributed by atoms with van der Waals surface area (Å²) in [6.45, 7) is 5.54. The minimum Gasteiger partial charge on any atom is -0.481 e. The van der Waals surface area contributed by atoms with Crippen molar-refractivity contribution < 1.29 is 9.90 Å². The van der Waals surface area contributed by atoms with Crippen molar-refractivity contribution in [2.75, 3.05) is 32.7 Å². The fourth-order valence-electron chi connectivity index (χ4n) is 4.65. The third kappa shape index (κ3) is 3.42. The molecule has 3 rings (SSSR count). The van der Waals surface area contributed by atoms with Gasteiger partial charge >= 0.3 is 5.97 Å². The average molecular weight is 294 g/mol. The molecule has 4 heteroatoms. The Morgan fingerprint density at radius 2 is 1.57 bits per heavy atom. The lowest BCUT2D eigenvalue weighted by Gasteiger charge is -2.42. The van der Waals surface area contributed by atoms with Gasteiger partial charge in [0.1, 0.15) is 0 Å². The Bertz CT molecular complexity index is 352. The number of hydrogen-bond acceptors (Lipinski definition) is 3. The monoisotopic (exact) mass is 294 g/mol. The molecule has 0 radical (unpaired) electrons. The van der Waals surface area contributed by atoms with Gasteiger partial charge in [-0.2, -0.15) is 0 Å². The van der Waals surface area contributed by atoms with Crippen LogP contribution in [0, 0.1) is 5.41 Å². The van der Waals surface area contributed by atoms with Crippen LogP contribution in [0.25, 0.3) is 0 Å². The van der Waals surface area contributed by atoms with Gasteiger partial charge in [0.15, 0.2) is 0 Å². The van der Waals surface area contributed by atoms with Crippen LogP contribution in [0.4, 0.5) is 0 Å². The third-order valence-corrected chi connectivity index (χ3v) is 6.00. The molecule has 120 valence electrons. The highest BCUT2D eigenvalue weighted by Gasteiger charge is 2.43. The summed E-state index contributed by atoms with van der Waals surface area (Å²) in [6.07, 6.45) is 10.5. The Morgan fingerprint density at radius 3 is 2.14 bits per heavy atom. The van der Waals surface area contributed by atoms with E-state index in [1.807, 2.05) is 0 Å². The van der Waals surface area contributed by atoms with Gasteiger partial charge in [-0.05, 0) is 64.7 Å². The number of likely N-dealkylation sites (tertiary alicyclic amines) is 2. The van der Waals surface area contributed by atoms with Crippen LogP contribution in [0.2, 0.25) is 0 Å². The first-order chi connectivity index (χ1) is 10.2. The first-order valence-electron chi connectivity index (χ1n) is 8.89. The molecule has 0 aromatic rings. The van der Waals surface area contributed by atoms with E-state index in [0.717, 1.165) is 51.4 Å². The molecular formula is C17H30N2O2. The van der Waals surface area contributed by atoms with Gasteiger partial charge in [0.25, 0.3) is 0 Å². The van der Waals surface area contributed by atoms with Crippen molar-refractivity contribution in [3.8, 4) is 0 Å². The molecular weight excluding hydrogens is 264 g/mol. The number of piperidine rings is 2. The average Bonchev–Trinajstić information content (AvgIpc) is 2.99. The lowest BCUT2D eigenvalue weighted by atomic mass is 9.85. The standard InChI is InChI=1S/C17H30N2O2/c20-16(21)17(8-2-3-9-17)14-18-12-6-15(7-13-18)19-10-4-1-5-11-19/h15H,1-14H2,(H,20,21). The number of hydrogen-bond donors (Lipinski definition) is 1. The van der Waals surface area contributed by atoms with Crippen LogP contribution in [0.15, 0.2) is 0 Å². The lowest BCUT2D eigenvalue weighted by molar-refractivity contribution is -0.150. The Kier molecular flexibility index (Phi) is 4.85. The van der Waals surface area contributed by atoms with Crippen molar-refractivity contribution in [2.45, 2.75) is 63.8 Å². The molecule has 2 heterocycles. The van der Waals surface area contributed by atoms with Crippen LogP contribution < -0.4 is 0 Å². The molecule has 4 nitrogen and oxygen atoms in total. The SMILES string of the molecule is O=C(O)C1(CN2CCC(N3CCCCC3)CC2)CCCC1. The van der Waals surface area contributed by atoms with Gasteiger partial charge in [-0.1, -0.05) is 19.3 Å². The largest absolute Gasteiger partial charge is 0.481 e. The summed E-state index contributed by atoms with van der Waals surface area (Å²) in [6, 6.07) is 0.755. The molecule has 0 amide bonds. The molecule has 3 aliphatic rings. The van der Waals surface area contributed by atoms with E-state index in [9.17, 15) is 9.90 Å². The van der Waals surface area contributed by atoms with Gasteiger partial charge in [0, 0.05) is 12.6 Å². The zero-order valence-corrected chi connectivity index (χ0v) is 13.2. The summed E-state index contributed by atoms with van der Waals surface area (Å²) < 4.78 is 0.